The average Bonchev–Trinajstić information content (AvgIpc) is 2.68. The molecule has 0 radical (unpaired) electrons. The number of aromatic nitrogens is 2. The van der Waals surface area contributed by atoms with Crippen LogP contribution in [0.1, 0.15) is 57.4 Å². The predicted molar refractivity (Wildman–Crippen MR) is 83.9 cm³/mol. The zero-order chi connectivity index (χ0) is 15.1. The number of aromatic amines is 1. The normalized spacial score (nSPS) is 12.2. The van der Waals surface area contributed by atoms with Gasteiger partial charge >= 0.3 is 0 Å². The van der Waals surface area contributed by atoms with Crippen molar-refractivity contribution >= 4 is 0 Å². The SMILES string of the molecule is Cc1ccc(-n2[nH]c(C(C)C)c(C(C)(C)C)c2=O)cc1. The van der Waals surface area contributed by atoms with Crippen molar-refractivity contribution in [1.82, 2.24) is 9.78 Å². The second-order valence-electron chi connectivity index (χ2n) is 6.78. The number of hydrogen-bond acceptors (Lipinski definition) is 1. The molecule has 0 atom stereocenters. The monoisotopic (exact) mass is 272 g/mol. The first-order valence-electron chi connectivity index (χ1n) is 7.14. The Morgan fingerprint density at radius 1 is 1.10 bits per heavy atom. The van der Waals surface area contributed by atoms with Crippen LogP contribution in [-0.2, 0) is 5.41 Å². The van der Waals surface area contributed by atoms with Crippen molar-refractivity contribution in [2.45, 2.75) is 52.9 Å². The van der Waals surface area contributed by atoms with Gasteiger partial charge in [-0.2, -0.15) is 0 Å². The maximum atomic E-state index is 12.8. The molecule has 0 aliphatic carbocycles. The molecule has 0 spiro atoms. The lowest BCUT2D eigenvalue weighted by Gasteiger charge is -2.18. The highest BCUT2D eigenvalue weighted by Crippen LogP contribution is 2.27. The lowest BCUT2D eigenvalue weighted by atomic mass is 9.85. The van der Waals surface area contributed by atoms with Crippen LogP contribution in [0.2, 0.25) is 0 Å². The first-order chi connectivity index (χ1) is 9.21. The topological polar surface area (TPSA) is 37.8 Å². The van der Waals surface area contributed by atoms with Gasteiger partial charge < -0.3 is 0 Å². The summed E-state index contributed by atoms with van der Waals surface area (Å²) in [6.45, 7) is 12.5. The third-order valence-electron chi connectivity index (χ3n) is 3.54. The molecule has 0 aliphatic heterocycles. The van der Waals surface area contributed by atoms with Crippen LogP contribution in [0.3, 0.4) is 0 Å². The Morgan fingerprint density at radius 3 is 2.05 bits per heavy atom. The van der Waals surface area contributed by atoms with Gasteiger partial charge in [0.15, 0.2) is 0 Å². The molecule has 0 bridgehead atoms. The maximum Gasteiger partial charge on any atom is 0.275 e. The minimum absolute atomic E-state index is 0.0602. The van der Waals surface area contributed by atoms with E-state index in [2.05, 4.69) is 39.7 Å². The molecule has 1 N–H and O–H groups in total. The summed E-state index contributed by atoms with van der Waals surface area (Å²) in [6.07, 6.45) is 0. The first-order valence-corrected chi connectivity index (χ1v) is 7.14. The van der Waals surface area contributed by atoms with E-state index in [1.807, 2.05) is 31.2 Å². The molecule has 0 saturated heterocycles. The molecule has 0 aliphatic rings. The van der Waals surface area contributed by atoms with Crippen molar-refractivity contribution in [2.24, 2.45) is 0 Å². The van der Waals surface area contributed by atoms with Crippen LogP contribution in [0.25, 0.3) is 5.69 Å². The van der Waals surface area contributed by atoms with Gasteiger partial charge in [-0.1, -0.05) is 52.3 Å². The Labute approximate surface area is 120 Å². The molecule has 20 heavy (non-hydrogen) atoms. The van der Waals surface area contributed by atoms with Crippen LogP contribution in [0.15, 0.2) is 29.1 Å². The van der Waals surface area contributed by atoms with Crippen molar-refractivity contribution in [3.05, 3.63) is 51.4 Å². The van der Waals surface area contributed by atoms with E-state index in [1.165, 1.54) is 5.56 Å². The van der Waals surface area contributed by atoms with Crippen LogP contribution < -0.4 is 5.56 Å². The summed E-state index contributed by atoms with van der Waals surface area (Å²) < 4.78 is 1.66. The predicted octanol–water partition coefficient (Wildman–Crippen LogP) is 3.89. The van der Waals surface area contributed by atoms with E-state index in [0.29, 0.717) is 5.92 Å². The summed E-state index contributed by atoms with van der Waals surface area (Å²) in [5, 5.41) is 3.30. The summed E-state index contributed by atoms with van der Waals surface area (Å²) in [5.41, 5.74) is 3.89. The highest BCUT2D eigenvalue weighted by Gasteiger charge is 2.27. The Balaban J connectivity index is 2.68. The Kier molecular flexibility index (Phi) is 3.63. The van der Waals surface area contributed by atoms with E-state index < -0.39 is 0 Å². The molecule has 1 heterocycles. The molecule has 1 aromatic carbocycles. The fourth-order valence-corrected chi connectivity index (χ4v) is 2.47. The van der Waals surface area contributed by atoms with Gasteiger partial charge in [-0.15, -0.1) is 0 Å². The lowest BCUT2D eigenvalue weighted by molar-refractivity contribution is 0.572. The second kappa shape index (κ2) is 4.97. The van der Waals surface area contributed by atoms with Crippen molar-refractivity contribution < 1.29 is 0 Å². The van der Waals surface area contributed by atoms with Crippen molar-refractivity contribution in [1.29, 1.82) is 0 Å². The molecule has 0 unspecified atom stereocenters. The Morgan fingerprint density at radius 2 is 1.65 bits per heavy atom. The molecule has 0 saturated carbocycles. The highest BCUT2D eigenvalue weighted by molar-refractivity contribution is 5.37. The fourth-order valence-electron chi connectivity index (χ4n) is 2.47. The van der Waals surface area contributed by atoms with Gasteiger partial charge in [-0.3, -0.25) is 9.89 Å². The van der Waals surface area contributed by atoms with E-state index >= 15 is 0 Å². The standard InChI is InChI=1S/C17H24N2O/c1-11(2)15-14(17(4,5)6)16(20)19(18-15)13-9-7-12(3)8-10-13/h7-11,18H,1-6H3. The lowest BCUT2D eigenvalue weighted by Crippen LogP contribution is -2.25. The van der Waals surface area contributed by atoms with E-state index in [1.54, 1.807) is 4.68 Å². The third kappa shape index (κ3) is 2.58. The van der Waals surface area contributed by atoms with E-state index in [4.69, 9.17) is 0 Å². The number of rotatable bonds is 2. The van der Waals surface area contributed by atoms with Crippen LogP contribution >= 0.6 is 0 Å². The summed E-state index contributed by atoms with van der Waals surface area (Å²) in [4.78, 5) is 12.8. The number of nitrogens with one attached hydrogen (secondary N) is 1. The number of hydrogen-bond donors (Lipinski definition) is 1. The van der Waals surface area contributed by atoms with Gasteiger partial charge in [0.05, 0.1) is 5.69 Å². The fraction of sp³-hybridized carbons (Fsp3) is 0.471. The van der Waals surface area contributed by atoms with E-state index in [9.17, 15) is 4.79 Å². The summed E-state index contributed by atoms with van der Waals surface area (Å²) in [6, 6.07) is 8.00. The molecule has 1 aromatic heterocycles. The minimum Gasteiger partial charge on any atom is -0.294 e. The molecular formula is C17H24N2O. The molecule has 3 heteroatoms. The molecule has 108 valence electrons. The number of aryl methyl sites for hydroxylation is 1. The number of nitrogens with zero attached hydrogens (tertiary/aromatic N) is 1. The summed E-state index contributed by atoms with van der Waals surface area (Å²) in [5.74, 6) is 0.295. The molecule has 2 aromatic rings. The van der Waals surface area contributed by atoms with E-state index in [-0.39, 0.29) is 11.0 Å². The molecular weight excluding hydrogens is 248 g/mol. The molecule has 3 nitrogen and oxygen atoms in total. The number of H-pyrrole nitrogens is 1. The van der Waals surface area contributed by atoms with Crippen LogP contribution in [0.5, 0.6) is 0 Å². The van der Waals surface area contributed by atoms with Gasteiger partial charge in [0, 0.05) is 11.3 Å². The van der Waals surface area contributed by atoms with Crippen LogP contribution in [0.4, 0.5) is 0 Å². The third-order valence-corrected chi connectivity index (χ3v) is 3.54. The molecule has 0 fully saturated rings. The largest absolute Gasteiger partial charge is 0.294 e. The van der Waals surface area contributed by atoms with Crippen molar-refractivity contribution in [2.75, 3.05) is 0 Å². The van der Waals surface area contributed by atoms with Crippen LogP contribution in [-0.4, -0.2) is 9.78 Å². The average molecular weight is 272 g/mol. The number of benzene rings is 1. The van der Waals surface area contributed by atoms with Gasteiger partial charge in [0.1, 0.15) is 0 Å². The smallest absolute Gasteiger partial charge is 0.275 e. The zero-order valence-electron chi connectivity index (χ0n) is 13.2. The van der Waals surface area contributed by atoms with Gasteiger partial charge in [0.2, 0.25) is 0 Å². The molecule has 0 amide bonds. The zero-order valence-corrected chi connectivity index (χ0v) is 13.2. The quantitative estimate of drug-likeness (QED) is 0.884. The van der Waals surface area contributed by atoms with Crippen LogP contribution in [0, 0.1) is 6.92 Å². The maximum absolute atomic E-state index is 12.8. The first kappa shape index (κ1) is 14.6. The Hall–Kier alpha value is -1.77. The second-order valence-corrected chi connectivity index (χ2v) is 6.78. The van der Waals surface area contributed by atoms with Gasteiger partial charge in [0.25, 0.3) is 5.56 Å². The van der Waals surface area contributed by atoms with Crippen molar-refractivity contribution in [3.8, 4) is 5.69 Å². The van der Waals surface area contributed by atoms with E-state index in [0.717, 1.165) is 16.9 Å². The van der Waals surface area contributed by atoms with Gasteiger partial charge in [-0.25, -0.2) is 4.68 Å². The molecule has 2 rings (SSSR count). The highest BCUT2D eigenvalue weighted by atomic mass is 16.1. The minimum atomic E-state index is -0.164. The summed E-state index contributed by atoms with van der Waals surface area (Å²) >= 11 is 0. The van der Waals surface area contributed by atoms with Crippen molar-refractivity contribution in [3.63, 3.8) is 0 Å². The summed E-state index contributed by atoms with van der Waals surface area (Å²) in [7, 11) is 0. The van der Waals surface area contributed by atoms with Gasteiger partial charge in [-0.05, 0) is 30.4 Å². The Bertz CT molecular complexity index is 652.